The number of likely N-dealkylation sites (tertiary alicyclic amines) is 1. The molecule has 1 aliphatic carbocycles. The van der Waals surface area contributed by atoms with Crippen LogP contribution in [0.5, 0.6) is 0 Å². The number of ether oxygens (including phenoxy) is 1. The van der Waals surface area contributed by atoms with Gasteiger partial charge in [-0.25, -0.2) is 0 Å². The average molecular weight is 492 g/mol. The maximum Gasteiger partial charge on any atom is 0.234 e. The van der Waals surface area contributed by atoms with Crippen LogP contribution >= 0.6 is 0 Å². The van der Waals surface area contributed by atoms with E-state index in [0.29, 0.717) is 19.1 Å². The largest absolute Gasteiger partial charge is 0.396 e. The summed E-state index contributed by atoms with van der Waals surface area (Å²) in [5.41, 5.74) is 1.41. The van der Waals surface area contributed by atoms with Crippen LogP contribution in [0.3, 0.4) is 0 Å². The lowest BCUT2D eigenvalue weighted by atomic mass is 9.91. The summed E-state index contributed by atoms with van der Waals surface area (Å²) in [7, 11) is 3.55. The maximum absolute atomic E-state index is 12.0. The molecule has 1 aromatic rings. The molecule has 2 fully saturated rings. The summed E-state index contributed by atoms with van der Waals surface area (Å²) in [5, 5.41) is 14.2. The first-order chi connectivity index (χ1) is 17.1. The number of benzene rings is 1. The summed E-state index contributed by atoms with van der Waals surface area (Å²) in [6.07, 6.45) is 12.8. The first-order valence-electron chi connectivity index (χ1n) is 13.9. The van der Waals surface area contributed by atoms with Crippen molar-refractivity contribution in [3.8, 4) is 0 Å². The van der Waals surface area contributed by atoms with Crippen LogP contribution in [0.25, 0.3) is 0 Å². The minimum atomic E-state index is 0.163. The minimum absolute atomic E-state index is 0.163. The van der Waals surface area contributed by atoms with Crippen LogP contribution in [0.1, 0.15) is 70.3 Å². The Morgan fingerprint density at radius 2 is 1.80 bits per heavy atom. The monoisotopic (exact) mass is 491 g/mol. The molecule has 0 radical (unpaired) electrons. The van der Waals surface area contributed by atoms with Crippen molar-refractivity contribution in [3.63, 3.8) is 0 Å². The molecule has 3 rings (SSSR count). The Kier molecular flexibility index (Phi) is 19.6. The normalized spacial score (nSPS) is 18.6. The number of piperidine rings is 1. The van der Waals surface area contributed by atoms with Crippen molar-refractivity contribution in [1.82, 2.24) is 15.5 Å². The third-order valence-electron chi connectivity index (χ3n) is 6.66. The highest BCUT2D eigenvalue weighted by atomic mass is 16.5. The molecule has 1 heterocycles. The van der Waals surface area contributed by atoms with Gasteiger partial charge >= 0.3 is 0 Å². The highest BCUT2D eigenvalue weighted by molar-refractivity contribution is 5.77. The van der Waals surface area contributed by atoms with E-state index in [1.165, 1.54) is 50.5 Å². The zero-order chi connectivity index (χ0) is 25.6. The number of hydrogen-bond donors (Lipinski definition) is 3. The van der Waals surface area contributed by atoms with Crippen molar-refractivity contribution in [2.45, 2.75) is 71.1 Å². The fourth-order valence-electron chi connectivity index (χ4n) is 4.68. The standard InChI is InChI=1S/C18H29N3O.C7H14.C4H10O2/c1-19-10-6-11-20-18(22)15-21-12-5-9-17(14-21)13-16-7-3-2-4-8-16;1-7-5-3-2-4-6-7;1-6-4-2-3-5/h2-4,7-8,17,19H,5-6,9-15H2,1H3,(H,20,22);7H,2-6H2,1H3;5H,2-4H2,1H3. The Bertz CT molecular complexity index is 604. The van der Waals surface area contributed by atoms with Crippen LogP contribution in [-0.2, 0) is 16.0 Å². The number of rotatable bonds is 11. The van der Waals surface area contributed by atoms with Crippen LogP contribution in [-0.4, -0.2) is 76.0 Å². The van der Waals surface area contributed by atoms with E-state index < -0.39 is 0 Å². The van der Waals surface area contributed by atoms with Gasteiger partial charge in [0.1, 0.15) is 0 Å². The van der Waals surface area contributed by atoms with Crippen molar-refractivity contribution in [2.24, 2.45) is 11.8 Å². The van der Waals surface area contributed by atoms with Gasteiger partial charge in [0, 0.05) is 33.4 Å². The zero-order valence-corrected chi connectivity index (χ0v) is 22.8. The van der Waals surface area contributed by atoms with E-state index in [1.54, 1.807) is 7.11 Å². The highest BCUT2D eigenvalue weighted by Crippen LogP contribution is 2.22. The zero-order valence-electron chi connectivity index (χ0n) is 22.8. The summed E-state index contributed by atoms with van der Waals surface area (Å²) < 4.78 is 4.62. The van der Waals surface area contributed by atoms with Crippen LogP contribution in [0, 0.1) is 11.8 Å². The number of amides is 1. The fourth-order valence-corrected chi connectivity index (χ4v) is 4.68. The quantitative estimate of drug-likeness (QED) is 0.403. The molecule has 1 unspecified atom stereocenters. The van der Waals surface area contributed by atoms with E-state index in [2.05, 4.69) is 57.5 Å². The first kappa shape index (κ1) is 31.6. The average Bonchev–Trinajstić information content (AvgIpc) is 2.87. The smallest absolute Gasteiger partial charge is 0.234 e. The van der Waals surface area contributed by atoms with E-state index in [4.69, 9.17) is 5.11 Å². The molecule has 0 bridgehead atoms. The number of nitrogens with zero attached hydrogens (tertiary/aromatic N) is 1. The number of aliphatic hydroxyl groups excluding tert-OH is 1. The number of nitrogens with one attached hydrogen (secondary N) is 2. The van der Waals surface area contributed by atoms with Crippen LogP contribution in [0.2, 0.25) is 0 Å². The molecular weight excluding hydrogens is 438 g/mol. The van der Waals surface area contributed by atoms with Gasteiger partial charge in [0.25, 0.3) is 0 Å². The van der Waals surface area contributed by atoms with Crippen molar-refractivity contribution in [3.05, 3.63) is 35.9 Å². The van der Waals surface area contributed by atoms with Crippen LogP contribution in [0.4, 0.5) is 0 Å². The van der Waals surface area contributed by atoms with Crippen molar-refractivity contribution < 1.29 is 14.6 Å². The number of aliphatic hydroxyl groups is 1. The fraction of sp³-hybridized carbons (Fsp3) is 0.759. The molecule has 2 aliphatic rings. The van der Waals surface area contributed by atoms with Gasteiger partial charge in [-0.3, -0.25) is 9.69 Å². The molecule has 6 nitrogen and oxygen atoms in total. The lowest BCUT2D eigenvalue weighted by molar-refractivity contribution is -0.122. The number of hydrogen-bond acceptors (Lipinski definition) is 5. The topological polar surface area (TPSA) is 73.8 Å². The summed E-state index contributed by atoms with van der Waals surface area (Å²) in [5.74, 6) is 1.87. The summed E-state index contributed by atoms with van der Waals surface area (Å²) >= 11 is 0. The molecule has 1 atom stereocenters. The Hall–Kier alpha value is -1.47. The second-order valence-electron chi connectivity index (χ2n) is 10.1. The van der Waals surface area contributed by atoms with Gasteiger partial charge < -0.3 is 20.5 Å². The van der Waals surface area contributed by atoms with Crippen LogP contribution < -0.4 is 10.6 Å². The molecule has 1 amide bonds. The molecule has 1 saturated carbocycles. The van der Waals surface area contributed by atoms with E-state index in [-0.39, 0.29) is 12.5 Å². The molecule has 1 aromatic carbocycles. The second-order valence-corrected chi connectivity index (χ2v) is 10.1. The van der Waals surface area contributed by atoms with Gasteiger partial charge in [0.15, 0.2) is 0 Å². The van der Waals surface area contributed by atoms with Gasteiger partial charge in [-0.15, -0.1) is 0 Å². The molecule has 1 saturated heterocycles. The van der Waals surface area contributed by atoms with Crippen molar-refractivity contribution >= 4 is 5.91 Å². The number of carbonyl (C=O) groups excluding carboxylic acids is 1. The van der Waals surface area contributed by atoms with Crippen LogP contribution in [0.15, 0.2) is 30.3 Å². The predicted octanol–water partition coefficient (Wildman–Crippen LogP) is 4.27. The van der Waals surface area contributed by atoms with E-state index in [1.807, 2.05) is 7.05 Å². The maximum atomic E-state index is 12.0. The Morgan fingerprint density at radius 3 is 2.37 bits per heavy atom. The van der Waals surface area contributed by atoms with Crippen molar-refractivity contribution in [2.75, 3.05) is 60.1 Å². The molecule has 3 N–H and O–H groups in total. The van der Waals surface area contributed by atoms with Gasteiger partial charge in [-0.05, 0) is 69.6 Å². The third kappa shape index (κ3) is 17.6. The highest BCUT2D eigenvalue weighted by Gasteiger charge is 2.21. The van der Waals surface area contributed by atoms with Gasteiger partial charge in [-0.2, -0.15) is 0 Å². The minimum Gasteiger partial charge on any atom is -0.396 e. The molecule has 6 heteroatoms. The van der Waals surface area contributed by atoms with E-state index >= 15 is 0 Å². The molecule has 1 aliphatic heterocycles. The summed E-state index contributed by atoms with van der Waals surface area (Å²) in [6.45, 7) is 7.60. The molecule has 0 spiro atoms. The van der Waals surface area contributed by atoms with E-state index in [0.717, 1.165) is 51.4 Å². The predicted molar refractivity (Wildman–Crippen MR) is 147 cm³/mol. The van der Waals surface area contributed by atoms with Gasteiger partial charge in [0.05, 0.1) is 6.54 Å². The second kappa shape index (κ2) is 21.8. The SMILES string of the molecule is CC1CCCCC1.CNCCCNC(=O)CN1CCCC(Cc2ccccc2)C1.COCCCO. The number of carbonyl (C=O) groups is 1. The Balaban J connectivity index is 0.000000384. The first-order valence-corrected chi connectivity index (χ1v) is 13.9. The van der Waals surface area contributed by atoms with Gasteiger partial charge in [0.2, 0.25) is 5.91 Å². The Labute approximate surface area is 215 Å². The van der Waals surface area contributed by atoms with Crippen molar-refractivity contribution in [1.29, 1.82) is 0 Å². The molecular formula is C29H53N3O3. The lowest BCUT2D eigenvalue weighted by Gasteiger charge is -2.32. The molecule has 35 heavy (non-hydrogen) atoms. The summed E-state index contributed by atoms with van der Waals surface area (Å²) in [6, 6.07) is 10.7. The molecule has 202 valence electrons. The molecule has 0 aromatic heterocycles. The Morgan fingerprint density at radius 1 is 1.06 bits per heavy atom. The van der Waals surface area contributed by atoms with E-state index in [9.17, 15) is 4.79 Å². The number of methoxy groups -OCH3 is 1. The third-order valence-corrected chi connectivity index (χ3v) is 6.66. The summed E-state index contributed by atoms with van der Waals surface area (Å²) in [4.78, 5) is 14.3. The van der Waals surface area contributed by atoms with Gasteiger partial charge in [-0.1, -0.05) is 69.4 Å². The lowest BCUT2D eigenvalue weighted by Crippen LogP contribution is -2.43.